The first-order valence-electron chi connectivity index (χ1n) is 10.1. The van der Waals surface area contributed by atoms with E-state index in [-0.39, 0.29) is 23.4 Å². The molecule has 0 unspecified atom stereocenters. The Labute approximate surface area is 165 Å². The summed E-state index contributed by atoms with van der Waals surface area (Å²) in [5.74, 6) is 1.41. The van der Waals surface area contributed by atoms with Crippen LogP contribution in [-0.4, -0.2) is 50.8 Å². The number of rotatable bonds is 3. The van der Waals surface area contributed by atoms with Gasteiger partial charge in [0, 0.05) is 37.2 Å². The van der Waals surface area contributed by atoms with E-state index in [2.05, 4.69) is 35.8 Å². The minimum Gasteiger partial charge on any atom is -0.365 e. The number of nitrogens with zero attached hydrogens (tertiary/aromatic N) is 3. The minimum absolute atomic E-state index is 0.0177. The van der Waals surface area contributed by atoms with Gasteiger partial charge in [-0.15, -0.1) is 0 Å². The van der Waals surface area contributed by atoms with Gasteiger partial charge in [-0.3, -0.25) is 14.0 Å². The van der Waals surface area contributed by atoms with Gasteiger partial charge in [-0.05, 0) is 52.2 Å². The van der Waals surface area contributed by atoms with E-state index in [1.54, 1.807) is 0 Å². The molecule has 2 fully saturated rings. The summed E-state index contributed by atoms with van der Waals surface area (Å²) in [5, 5.41) is 6.42. The molecule has 7 nitrogen and oxygen atoms in total. The lowest BCUT2D eigenvalue weighted by Crippen LogP contribution is -2.47. The predicted molar refractivity (Wildman–Crippen MR) is 108 cm³/mol. The van der Waals surface area contributed by atoms with Crippen molar-refractivity contribution in [1.82, 2.24) is 19.6 Å². The number of piperidine rings is 1. The summed E-state index contributed by atoms with van der Waals surface area (Å²) in [6, 6.07) is 5.71. The highest BCUT2D eigenvalue weighted by molar-refractivity contribution is 5.90. The molecule has 0 bridgehead atoms. The normalized spacial score (nSPS) is 21.2. The maximum Gasteiger partial charge on any atom is 0.245 e. The highest BCUT2D eigenvalue weighted by atomic mass is 16.2. The molecular formula is C21H29N5O2. The number of fused-ring (bicyclic) bond motifs is 1. The fraction of sp³-hybridized carbons (Fsp3) is 0.571. The number of likely N-dealkylation sites (tertiary alicyclic amines) is 1. The van der Waals surface area contributed by atoms with Crippen LogP contribution in [0.3, 0.4) is 0 Å². The van der Waals surface area contributed by atoms with Crippen molar-refractivity contribution in [1.29, 1.82) is 0 Å². The number of nitrogens with one attached hydrogen (secondary N) is 2. The van der Waals surface area contributed by atoms with E-state index in [9.17, 15) is 9.59 Å². The second-order valence-electron chi connectivity index (χ2n) is 8.91. The SMILES string of the molecule is CC(C)(C)Nc1c(C2CCN(C(=O)[C@@H]3CCC(=O)N3)CC2)nc2ccccn12. The lowest BCUT2D eigenvalue weighted by molar-refractivity contribution is -0.135. The predicted octanol–water partition coefficient (Wildman–Crippen LogP) is 2.53. The molecule has 0 radical (unpaired) electrons. The number of amides is 2. The van der Waals surface area contributed by atoms with Crippen molar-refractivity contribution in [3.63, 3.8) is 0 Å². The highest BCUT2D eigenvalue weighted by Gasteiger charge is 2.34. The number of carbonyl (C=O) groups excluding carboxylic acids is 2. The zero-order chi connectivity index (χ0) is 19.9. The van der Waals surface area contributed by atoms with Crippen molar-refractivity contribution in [2.45, 2.75) is 64.0 Å². The number of hydrogen-bond donors (Lipinski definition) is 2. The molecule has 4 rings (SSSR count). The third-order valence-corrected chi connectivity index (χ3v) is 5.54. The van der Waals surface area contributed by atoms with E-state index in [1.807, 2.05) is 29.3 Å². The number of pyridine rings is 1. The number of aromatic nitrogens is 2. The molecule has 0 aromatic carbocycles. The number of anilines is 1. The average Bonchev–Trinajstić information content (AvgIpc) is 3.24. The molecule has 28 heavy (non-hydrogen) atoms. The van der Waals surface area contributed by atoms with Gasteiger partial charge in [-0.1, -0.05) is 6.07 Å². The lowest BCUT2D eigenvalue weighted by atomic mass is 9.92. The second-order valence-corrected chi connectivity index (χ2v) is 8.91. The summed E-state index contributed by atoms with van der Waals surface area (Å²) < 4.78 is 2.12. The van der Waals surface area contributed by atoms with Gasteiger partial charge in [0.2, 0.25) is 11.8 Å². The van der Waals surface area contributed by atoms with Gasteiger partial charge in [0.05, 0.1) is 5.69 Å². The number of hydrogen-bond acceptors (Lipinski definition) is 4. The van der Waals surface area contributed by atoms with Crippen LogP contribution >= 0.6 is 0 Å². The molecule has 2 amide bonds. The van der Waals surface area contributed by atoms with E-state index in [0.29, 0.717) is 31.8 Å². The van der Waals surface area contributed by atoms with Gasteiger partial charge in [0.1, 0.15) is 17.5 Å². The first-order valence-corrected chi connectivity index (χ1v) is 10.1. The van der Waals surface area contributed by atoms with Gasteiger partial charge in [0.25, 0.3) is 0 Å². The quantitative estimate of drug-likeness (QED) is 0.854. The molecule has 1 atom stereocenters. The van der Waals surface area contributed by atoms with E-state index in [0.717, 1.165) is 30.0 Å². The fourth-order valence-electron chi connectivity index (χ4n) is 4.17. The Hall–Kier alpha value is -2.57. The van der Waals surface area contributed by atoms with E-state index >= 15 is 0 Å². The van der Waals surface area contributed by atoms with Crippen LogP contribution in [0.25, 0.3) is 5.65 Å². The Morgan fingerprint density at radius 3 is 2.61 bits per heavy atom. The zero-order valence-electron chi connectivity index (χ0n) is 16.9. The molecule has 0 saturated carbocycles. The topological polar surface area (TPSA) is 78.7 Å². The maximum absolute atomic E-state index is 12.7. The number of imidazole rings is 1. The second kappa shape index (κ2) is 7.11. The van der Waals surface area contributed by atoms with E-state index in [4.69, 9.17) is 4.98 Å². The molecular weight excluding hydrogens is 354 g/mol. The Bertz CT molecular complexity index is 890. The summed E-state index contributed by atoms with van der Waals surface area (Å²) in [6.45, 7) is 7.86. The van der Waals surface area contributed by atoms with Crippen LogP contribution in [-0.2, 0) is 9.59 Å². The Balaban J connectivity index is 1.51. The van der Waals surface area contributed by atoms with Gasteiger partial charge >= 0.3 is 0 Å². The molecule has 7 heteroatoms. The molecule has 0 aliphatic carbocycles. The van der Waals surface area contributed by atoms with Gasteiger partial charge < -0.3 is 15.5 Å². The molecule has 2 saturated heterocycles. The van der Waals surface area contributed by atoms with Crippen LogP contribution in [0.5, 0.6) is 0 Å². The van der Waals surface area contributed by atoms with Crippen LogP contribution in [0.4, 0.5) is 5.82 Å². The van der Waals surface area contributed by atoms with Crippen LogP contribution in [0.15, 0.2) is 24.4 Å². The first-order chi connectivity index (χ1) is 13.3. The van der Waals surface area contributed by atoms with Crippen LogP contribution < -0.4 is 10.6 Å². The van der Waals surface area contributed by atoms with Gasteiger partial charge in [-0.2, -0.15) is 0 Å². The van der Waals surface area contributed by atoms with Crippen molar-refractivity contribution in [2.75, 3.05) is 18.4 Å². The maximum atomic E-state index is 12.7. The molecule has 2 aliphatic rings. The first kappa shape index (κ1) is 18.8. The van der Waals surface area contributed by atoms with Crippen molar-refractivity contribution >= 4 is 23.3 Å². The molecule has 2 aromatic heterocycles. The smallest absolute Gasteiger partial charge is 0.245 e. The van der Waals surface area contributed by atoms with E-state index in [1.165, 1.54) is 0 Å². The summed E-state index contributed by atoms with van der Waals surface area (Å²) >= 11 is 0. The van der Waals surface area contributed by atoms with Crippen LogP contribution in [0.1, 0.15) is 58.1 Å². The molecule has 0 spiro atoms. The van der Waals surface area contributed by atoms with Crippen molar-refractivity contribution in [2.24, 2.45) is 0 Å². The largest absolute Gasteiger partial charge is 0.365 e. The van der Waals surface area contributed by atoms with Crippen molar-refractivity contribution in [3.05, 3.63) is 30.1 Å². The van der Waals surface area contributed by atoms with Gasteiger partial charge in [0.15, 0.2) is 0 Å². The molecule has 2 aliphatic heterocycles. The van der Waals surface area contributed by atoms with E-state index < -0.39 is 0 Å². The standard InChI is InChI=1S/C21H29N5O2/c1-21(2,3)24-19-18(23-16-6-4-5-11-26(16)19)14-9-12-25(13-10-14)20(28)15-7-8-17(27)22-15/h4-6,11,14-15,24H,7-10,12-13H2,1-3H3,(H,22,27)/t15-/m0/s1. The summed E-state index contributed by atoms with van der Waals surface area (Å²) in [6.07, 6.45) is 4.88. The molecule has 2 N–H and O–H groups in total. The third kappa shape index (κ3) is 3.70. The zero-order valence-corrected chi connectivity index (χ0v) is 16.9. The van der Waals surface area contributed by atoms with Crippen molar-refractivity contribution < 1.29 is 9.59 Å². The Kier molecular flexibility index (Phi) is 4.77. The van der Waals surface area contributed by atoms with Crippen molar-refractivity contribution in [3.8, 4) is 0 Å². The lowest BCUT2D eigenvalue weighted by Gasteiger charge is -2.33. The molecule has 4 heterocycles. The monoisotopic (exact) mass is 383 g/mol. The Morgan fingerprint density at radius 1 is 1.21 bits per heavy atom. The summed E-state index contributed by atoms with van der Waals surface area (Å²) in [5.41, 5.74) is 1.96. The van der Waals surface area contributed by atoms with Gasteiger partial charge in [-0.25, -0.2) is 4.98 Å². The minimum atomic E-state index is -0.336. The average molecular weight is 383 g/mol. The fourth-order valence-corrected chi connectivity index (χ4v) is 4.17. The molecule has 2 aromatic rings. The summed E-state index contributed by atoms with van der Waals surface area (Å²) in [4.78, 5) is 30.9. The number of carbonyl (C=O) groups is 2. The third-order valence-electron chi connectivity index (χ3n) is 5.54. The summed E-state index contributed by atoms with van der Waals surface area (Å²) in [7, 11) is 0. The molecule has 150 valence electrons. The van der Waals surface area contributed by atoms with Crippen LogP contribution in [0.2, 0.25) is 0 Å². The highest BCUT2D eigenvalue weighted by Crippen LogP contribution is 2.34. The van der Waals surface area contributed by atoms with Crippen LogP contribution in [0, 0.1) is 0 Å². The Morgan fingerprint density at radius 2 is 1.96 bits per heavy atom.